The normalized spacial score (nSPS) is 10.9. The molecule has 4 rings (SSSR count). The highest BCUT2D eigenvalue weighted by molar-refractivity contribution is 9.10. The van der Waals surface area contributed by atoms with Gasteiger partial charge in [0.25, 0.3) is 0 Å². The van der Waals surface area contributed by atoms with Crippen molar-refractivity contribution in [1.82, 2.24) is 9.97 Å². The number of aryl methyl sites for hydroxylation is 1. The highest BCUT2D eigenvalue weighted by Gasteiger charge is 2.19. The molecule has 2 aromatic heterocycles. The summed E-state index contributed by atoms with van der Waals surface area (Å²) >= 11 is 5.12. The maximum Gasteiger partial charge on any atom is 0.337 e. The lowest BCUT2D eigenvalue weighted by Gasteiger charge is -2.11. The molecule has 7 heteroatoms. The predicted octanol–water partition coefficient (Wildman–Crippen LogP) is 6.13. The number of para-hydroxylation sites is 1. The van der Waals surface area contributed by atoms with Crippen LogP contribution in [0.25, 0.3) is 21.3 Å². The fraction of sp³-hybridized carbons (Fsp3) is 0.0952. The molecule has 0 aliphatic carbocycles. The van der Waals surface area contributed by atoms with Crippen molar-refractivity contribution < 1.29 is 9.90 Å². The molecule has 0 aliphatic heterocycles. The Balaban J connectivity index is 1.92. The highest BCUT2D eigenvalue weighted by Crippen LogP contribution is 2.42. The Bertz CT molecular complexity index is 1170. The van der Waals surface area contributed by atoms with Gasteiger partial charge in [-0.1, -0.05) is 47.1 Å². The lowest BCUT2D eigenvalue weighted by Crippen LogP contribution is -2.03. The number of nitrogens with zero attached hydrogens (tertiary/aromatic N) is 2. The third-order valence-electron chi connectivity index (χ3n) is 4.43. The van der Waals surface area contributed by atoms with E-state index in [0.29, 0.717) is 11.5 Å². The fourth-order valence-corrected chi connectivity index (χ4v) is 4.52. The molecule has 0 bridgehead atoms. The number of halogens is 1. The molecule has 0 saturated carbocycles. The van der Waals surface area contributed by atoms with E-state index in [-0.39, 0.29) is 5.56 Å². The van der Waals surface area contributed by atoms with Crippen molar-refractivity contribution in [3.8, 4) is 11.1 Å². The van der Waals surface area contributed by atoms with Crippen LogP contribution in [0, 0.1) is 0 Å². The summed E-state index contributed by atoms with van der Waals surface area (Å²) in [5, 5.41) is 13.6. The minimum atomic E-state index is -0.985. The summed E-state index contributed by atoms with van der Waals surface area (Å²) in [6.45, 7) is 2.12. The van der Waals surface area contributed by atoms with Gasteiger partial charge < -0.3 is 10.4 Å². The zero-order valence-corrected chi connectivity index (χ0v) is 17.3. The van der Waals surface area contributed by atoms with Crippen LogP contribution in [0.4, 0.5) is 11.5 Å². The van der Waals surface area contributed by atoms with Crippen LogP contribution in [-0.2, 0) is 6.42 Å². The van der Waals surface area contributed by atoms with E-state index in [1.807, 2.05) is 12.1 Å². The second kappa shape index (κ2) is 7.69. The van der Waals surface area contributed by atoms with Crippen LogP contribution in [0.5, 0.6) is 0 Å². The molecular weight excluding hydrogens is 438 g/mol. The number of aromatic carboxylic acids is 1. The second-order valence-electron chi connectivity index (χ2n) is 6.14. The van der Waals surface area contributed by atoms with E-state index in [1.165, 1.54) is 11.2 Å². The Kier molecular flexibility index (Phi) is 5.11. The lowest BCUT2D eigenvalue weighted by molar-refractivity contribution is 0.0698. The molecule has 5 nitrogen and oxygen atoms in total. The molecule has 0 unspecified atom stereocenters. The molecule has 0 amide bonds. The average molecular weight is 454 g/mol. The maximum absolute atomic E-state index is 11.6. The molecule has 140 valence electrons. The van der Waals surface area contributed by atoms with E-state index in [4.69, 9.17) is 0 Å². The molecule has 0 spiro atoms. The van der Waals surface area contributed by atoms with Gasteiger partial charge in [0, 0.05) is 14.9 Å². The molecule has 0 fully saturated rings. The summed E-state index contributed by atoms with van der Waals surface area (Å²) in [5.74, 6) is -0.381. The first-order valence-electron chi connectivity index (χ1n) is 8.70. The van der Waals surface area contributed by atoms with Gasteiger partial charge in [-0.2, -0.15) is 0 Å². The number of benzene rings is 2. The Morgan fingerprint density at radius 1 is 1.14 bits per heavy atom. The third kappa shape index (κ3) is 3.39. The smallest absolute Gasteiger partial charge is 0.337 e. The van der Waals surface area contributed by atoms with Crippen LogP contribution in [0.1, 0.15) is 22.2 Å². The summed E-state index contributed by atoms with van der Waals surface area (Å²) in [6, 6.07) is 15.0. The topological polar surface area (TPSA) is 75.1 Å². The van der Waals surface area contributed by atoms with Crippen molar-refractivity contribution >= 4 is 55.0 Å². The third-order valence-corrected chi connectivity index (χ3v) is 6.20. The van der Waals surface area contributed by atoms with Crippen LogP contribution in [0.15, 0.2) is 59.3 Å². The number of carboxylic acids is 1. The first-order chi connectivity index (χ1) is 13.6. The molecule has 2 N–H and O–H groups in total. The number of carboxylic acid groups (broad SMARTS) is 1. The molecule has 28 heavy (non-hydrogen) atoms. The van der Waals surface area contributed by atoms with Crippen LogP contribution in [-0.4, -0.2) is 21.0 Å². The first kappa shape index (κ1) is 18.6. The van der Waals surface area contributed by atoms with E-state index in [9.17, 15) is 9.90 Å². The predicted molar refractivity (Wildman–Crippen MR) is 117 cm³/mol. The van der Waals surface area contributed by atoms with Crippen LogP contribution >= 0.6 is 27.3 Å². The summed E-state index contributed by atoms with van der Waals surface area (Å²) in [5.41, 5.74) is 2.87. The zero-order chi connectivity index (χ0) is 19.7. The molecular formula is C21H16BrN3O2S. The number of thiophene rings is 1. The standard InChI is InChI=1S/C21H16BrN3O2S/c1-2-16-17(12-7-9-13(22)10-8-12)18-19(23-11-24-20(18)28-16)25-15-6-4-3-5-14(15)21(26)27/h3-11H,2H2,1H3,(H,26,27)(H,23,24,25). The van der Waals surface area contributed by atoms with E-state index in [0.717, 1.165) is 32.2 Å². The van der Waals surface area contributed by atoms with Crippen molar-refractivity contribution in [2.75, 3.05) is 5.32 Å². The molecule has 0 saturated heterocycles. The number of aromatic nitrogens is 2. The van der Waals surface area contributed by atoms with Gasteiger partial charge >= 0.3 is 5.97 Å². The summed E-state index contributed by atoms with van der Waals surface area (Å²) in [7, 11) is 0. The van der Waals surface area contributed by atoms with Gasteiger partial charge in [-0.3, -0.25) is 0 Å². The zero-order valence-electron chi connectivity index (χ0n) is 14.9. The van der Waals surface area contributed by atoms with Crippen molar-refractivity contribution in [2.45, 2.75) is 13.3 Å². The van der Waals surface area contributed by atoms with E-state index in [1.54, 1.807) is 35.6 Å². The molecule has 2 heterocycles. The first-order valence-corrected chi connectivity index (χ1v) is 10.3. The molecule has 0 atom stereocenters. The van der Waals surface area contributed by atoms with Gasteiger partial charge in [-0.15, -0.1) is 11.3 Å². The molecule has 4 aromatic rings. The SMILES string of the molecule is CCc1sc2ncnc(Nc3ccccc3C(=O)O)c2c1-c1ccc(Br)cc1. The van der Waals surface area contributed by atoms with Crippen molar-refractivity contribution in [1.29, 1.82) is 0 Å². The number of carbonyl (C=O) groups is 1. The summed E-state index contributed by atoms with van der Waals surface area (Å²) < 4.78 is 1.01. The van der Waals surface area contributed by atoms with Crippen LogP contribution in [0.2, 0.25) is 0 Å². The van der Waals surface area contributed by atoms with Crippen molar-refractivity contribution in [2.24, 2.45) is 0 Å². The van der Waals surface area contributed by atoms with Gasteiger partial charge in [0.2, 0.25) is 0 Å². The summed E-state index contributed by atoms with van der Waals surface area (Å²) in [4.78, 5) is 22.6. The average Bonchev–Trinajstić information content (AvgIpc) is 3.08. The number of rotatable bonds is 5. The number of hydrogen-bond donors (Lipinski definition) is 2. The minimum absolute atomic E-state index is 0.199. The number of hydrogen-bond acceptors (Lipinski definition) is 5. The van der Waals surface area contributed by atoms with Crippen molar-refractivity contribution in [3.63, 3.8) is 0 Å². The Hall–Kier alpha value is -2.77. The maximum atomic E-state index is 11.6. The lowest BCUT2D eigenvalue weighted by atomic mass is 10.0. The van der Waals surface area contributed by atoms with Crippen molar-refractivity contribution in [3.05, 3.63) is 69.8 Å². The van der Waals surface area contributed by atoms with E-state index >= 15 is 0 Å². The number of anilines is 2. The summed E-state index contributed by atoms with van der Waals surface area (Å²) in [6.07, 6.45) is 2.38. The van der Waals surface area contributed by atoms with Gasteiger partial charge in [-0.25, -0.2) is 14.8 Å². The van der Waals surface area contributed by atoms with Gasteiger partial charge in [-0.05, 0) is 36.2 Å². The number of fused-ring (bicyclic) bond motifs is 1. The number of nitrogens with one attached hydrogen (secondary N) is 1. The van der Waals surface area contributed by atoms with Crippen LogP contribution in [0.3, 0.4) is 0 Å². The minimum Gasteiger partial charge on any atom is -0.478 e. The Labute approximate surface area is 174 Å². The quantitative estimate of drug-likeness (QED) is 0.380. The van der Waals surface area contributed by atoms with E-state index < -0.39 is 5.97 Å². The fourth-order valence-electron chi connectivity index (χ4n) is 3.15. The molecule has 0 radical (unpaired) electrons. The van der Waals surface area contributed by atoms with E-state index in [2.05, 4.69) is 50.3 Å². The van der Waals surface area contributed by atoms with Gasteiger partial charge in [0.1, 0.15) is 17.0 Å². The van der Waals surface area contributed by atoms with Gasteiger partial charge in [0.15, 0.2) is 0 Å². The second-order valence-corrected chi connectivity index (χ2v) is 8.14. The monoisotopic (exact) mass is 453 g/mol. The molecule has 0 aliphatic rings. The Morgan fingerprint density at radius 3 is 2.61 bits per heavy atom. The Morgan fingerprint density at radius 2 is 1.89 bits per heavy atom. The highest BCUT2D eigenvalue weighted by atomic mass is 79.9. The largest absolute Gasteiger partial charge is 0.478 e. The molecule has 2 aromatic carbocycles. The van der Waals surface area contributed by atoms with Gasteiger partial charge in [0.05, 0.1) is 16.6 Å². The van der Waals surface area contributed by atoms with Crippen LogP contribution < -0.4 is 5.32 Å².